The standard InChI is InChI=1S/C6H4BrClSe/c7-9-6-3-1-5(8)2-4-6/h1-4H. The molecular formula is C6H4BrClSe. The second-order valence-corrected chi connectivity index (χ2v) is 4.96. The van der Waals surface area contributed by atoms with E-state index >= 15 is 0 Å². The molecule has 0 bridgehead atoms. The summed E-state index contributed by atoms with van der Waals surface area (Å²) in [6.07, 6.45) is 0. The zero-order valence-corrected chi connectivity index (χ0v) is 8.53. The molecule has 0 amide bonds. The molecule has 0 unspecified atom stereocenters. The summed E-state index contributed by atoms with van der Waals surface area (Å²) in [4.78, 5) is 0. The topological polar surface area (TPSA) is 0 Å². The van der Waals surface area contributed by atoms with E-state index in [1.54, 1.807) is 0 Å². The number of halogens is 2. The maximum absolute atomic E-state index is 5.66. The average Bonchev–Trinajstić information content (AvgIpc) is 1.90. The fraction of sp³-hybridized carbons (Fsp3) is 0. The molecule has 0 heterocycles. The molecule has 0 radical (unpaired) electrons. The van der Waals surface area contributed by atoms with Crippen LogP contribution in [0.3, 0.4) is 0 Å². The Balaban J connectivity index is 2.88. The van der Waals surface area contributed by atoms with Gasteiger partial charge in [-0.25, -0.2) is 0 Å². The van der Waals surface area contributed by atoms with Crippen LogP contribution in [0.15, 0.2) is 24.3 Å². The molecule has 0 aliphatic heterocycles. The van der Waals surface area contributed by atoms with Crippen LogP contribution in [0, 0.1) is 0 Å². The molecule has 0 aromatic heterocycles. The summed E-state index contributed by atoms with van der Waals surface area (Å²) in [5.41, 5.74) is 0. The van der Waals surface area contributed by atoms with Gasteiger partial charge in [-0.15, -0.1) is 0 Å². The van der Waals surface area contributed by atoms with Crippen molar-refractivity contribution >= 4 is 43.3 Å². The molecule has 0 nitrogen and oxygen atoms in total. The Morgan fingerprint density at radius 2 is 1.78 bits per heavy atom. The Labute approximate surface area is 72.4 Å². The van der Waals surface area contributed by atoms with Crippen molar-refractivity contribution in [3.8, 4) is 0 Å². The van der Waals surface area contributed by atoms with E-state index in [1.807, 2.05) is 24.3 Å². The van der Waals surface area contributed by atoms with Gasteiger partial charge in [0.05, 0.1) is 0 Å². The Hall–Kier alpha value is 0.509. The van der Waals surface area contributed by atoms with Crippen molar-refractivity contribution in [1.29, 1.82) is 0 Å². The third-order valence-electron chi connectivity index (χ3n) is 0.903. The van der Waals surface area contributed by atoms with E-state index in [9.17, 15) is 0 Å². The molecule has 3 heteroatoms. The summed E-state index contributed by atoms with van der Waals surface area (Å²) < 4.78 is 1.31. The van der Waals surface area contributed by atoms with Gasteiger partial charge in [0.1, 0.15) is 0 Å². The van der Waals surface area contributed by atoms with E-state index in [4.69, 9.17) is 11.6 Å². The average molecular weight is 270 g/mol. The SMILES string of the molecule is Clc1ccc([Se]Br)cc1. The van der Waals surface area contributed by atoms with Crippen LogP contribution in [0.4, 0.5) is 0 Å². The summed E-state index contributed by atoms with van der Waals surface area (Å²) in [5.74, 6) is 0. The van der Waals surface area contributed by atoms with Crippen molar-refractivity contribution in [2.45, 2.75) is 0 Å². The quantitative estimate of drug-likeness (QED) is 0.685. The Kier molecular flexibility index (Phi) is 3.06. The Bertz CT molecular complexity index is 185. The molecule has 0 fully saturated rings. The zero-order valence-electron chi connectivity index (χ0n) is 4.47. The van der Waals surface area contributed by atoms with Crippen LogP contribution in [-0.4, -0.2) is 13.1 Å². The van der Waals surface area contributed by atoms with Crippen LogP contribution in [0.1, 0.15) is 0 Å². The first-order valence-corrected chi connectivity index (χ1v) is 7.62. The zero-order chi connectivity index (χ0) is 6.69. The normalized spacial score (nSPS) is 9.56. The van der Waals surface area contributed by atoms with E-state index in [1.165, 1.54) is 4.46 Å². The van der Waals surface area contributed by atoms with Gasteiger partial charge in [0.2, 0.25) is 0 Å². The van der Waals surface area contributed by atoms with Crippen molar-refractivity contribution in [3.63, 3.8) is 0 Å². The van der Waals surface area contributed by atoms with Crippen molar-refractivity contribution < 1.29 is 0 Å². The molecule has 0 saturated carbocycles. The van der Waals surface area contributed by atoms with Gasteiger partial charge in [-0.1, -0.05) is 0 Å². The van der Waals surface area contributed by atoms with E-state index in [0.717, 1.165) is 5.02 Å². The number of rotatable bonds is 1. The van der Waals surface area contributed by atoms with Crippen molar-refractivity contribution in [2.75, 3.05) is 0 Å². The molecule has 0 aliphatic carbocycles. The van der Waals surface area contributed by atoms with Gasteiger partial charge in [0.25, 0.3) is 0 Å². The molecule has 1 aromatic rings. The maximum atomic E-state index is 5.66. The van der Waals surface area contributed by atoms with Crippen molar-refractivity contribution in [3.05, 3.63) is 29.3 Å². The van der Waals surface area contributed by atoms with Gasteiger partial charge in [0, 0.05) is 0 Å². The molecule has 0 saturated heterocycles. The monoisotopic (exact) mass is 270 g/mol. The molecule has 9 heavy (non-hydrogen) atoms. The minimum atomic E-state index is 0.414. The molecule has 0 spiro atoms. The third kappa shape index (κ3) is 2.30. The number of benzene rings is 1. The molecule has 1 rings (SSSR count). The van der Waals surface area contributed by atoms with Crippen LogP contribution in [0.25, 0.3) is 0 Å². The summed E-state index contributed by atoms with van der Waals surface area (Å²) in [7, 11) is 0. The fourth-order valence-electron chi connectivity index (χ4n) is 0.486. The van der Waals surface area contributed by atoms with Crippen molar-refractivity contribution in [1.82, 2.24) is 0 Å². The second kappa shape index (κ2) is 3.62. The summed E-state index contributed by atoms with van der Waals surface area (Å²) in [6.45, 7) is 0. The van der Waals surface area contributed by atoms with Crippen LogP contribution >= 0.6 is 25.7 Å². The third-order valence-corrected chi connectivity index (χ3v) is 4.04. The molecule has 48 valence electrons. The first-order valence-electron chi connectivity index (χ1n) is 2.37. The van der Waals surface area contributed by atoms with Gasteiger partial charge in [0.15, 0.2) is 0 Å². The minimum absolute atomic E-state index is 0.414. The van der Waals surface area contributed by atoms with Gasteiger partial charge < -0.3 is 0 Å². The predicted molar refractivity (Wildman–Crippen MR) is 45.8 cm³/mol. The molecule has 0 N–H and O–H groups in total. The molecule has 0 atom stereocenters. The summed E-state index contributed by atoms with van der Waals surface area (Å²) in [5, 5.41) is 0.801. The van der Waals surface area contributed by atoms with Gasteiger partial charge in [-0.2, -0.15) is 0 Å². The van der Waals surface area contributed by atoms with Gasteiger partial charge in [-0.05, 0) is 0 Å². The van der Waals surface area contributed by atoms with Gasteiger partial charge in [-0.3, -0.25) is 0 Å². The Morgan fingerprint density at radius 1 is 1.22 bits per heavy atom. The van der Waals surface area contributed by atoms with E-state index < -0.39 is 0 Å². The van der Waals surface area contributed by atoms with Gasteiger partial charge >= 0.3 is 72.6 Å². The number of hydrogen-bond donors (Lipinski definition) is 0. The summed E-state index contributed by atoms with van der Waals surface area (Å²) in [6, 6.07) is 7.86. The van der Waals surface area contributed by atoms with Crippen LogP contribution in [-0.2, 0) is 0 Å². The van der Waals surface area contributed by atoms with E-state index in [0.29, 0.717) is 13.1 Å². The van der Waals surface area contributed by atoms with Crippen LogP contribution in [0.5, 0.6) is 0 Å². The Morgan fingerprint density at radius 3 is 2.22 bits per heavy atom. The van der Waals surface area contributed by atoms with E-state index in [-0.39, 0.29) is 0 Å². The molecule has 0 aliphatic rings. The first-order chi connectivity index (χ1) is 4.33. The molecule has 1 aromatic carbocycles. The predicted octanol–water partition coefficient (Wildman–Crippen LogP) is 1.98. The second-order valence-electron chi connectivity index (χ2n) is 1.53. The van der Waals surface area contributed by atoms with Crippen molar-refractivity contribution in [2.24, 2.45) is 0 Å². The van der Waals surface area contributed by atoms with Crippen LogP contribution in [0.2, 0.25) is 5.02 Å². The fourth-order valence-corrected chi connectivity index (χ4v) is 2.23. The summed E-state index contributed by atoms with van der Waals surface area (Å²) >= 11 is 9.48. The molecular weight excluding hydrogens is 266 g/mol. The number of hydrogen-bond acceptors (Lipinski definition) is 0. The first kappa shape index (κ1) is 7.61. The van der Waals surface area contributed by atoms with Crippen LogP contribution < -0.4 is 4.46 Å². The van der Waals surface area contributed by atoms with E-state index in [2.05, 4.69) is 14.1 Å².